The number of nitrogens with one attached hydrogen (secondary N) is 1. The summed E-state index contributed by atoms with van der Waals surface area (Å²) in [6, 6.07) is 13.1. The van der Waals surface area contributed by atoms with Crippen molar-refractivity contribution in [2.45, 2.75) is 25.8 Å². The highest BCUT2D eigenvalue weighted by Crippen LogP contribution is 2.33. The minimum atomic E-state index is 0.194. The van der Waals surface area contributed by atoms with Crippen molar-refractivity contribution in [1.82, 2.24) is 5.32 Å². The van der Waals surface area contributed by atoms with Crippen molar-refractivity contribution in [3.63, 3.8) is 0 Å². The molecule has 2 aromatic carbocycles. The number of benzene rings is 2. The Balaban J connectivity index is 2.07. The molecular weight excluding hydrogens is 274 g/mol. The summed E-state index contributed by atoms with van der Waals surface area (Å²) in [7, 11) is 3.38. The first-order valence-corrected chi connectivity index (χ1v) is 7.83. The van der Waals surface area contributed by atoms with Gasteiger partial charge in [0.25, 0.3) is 0 Å². The molecule has 0 amide bonds. The largest absolute Gasteiger partial charge is 0.497 e. The standard InChI is InChI=1S/C19H23NO2/c1-4-13-5-6-14-7-8-20-19(18(14)9-13)15-10-16(21-2)12-17(11-15)22-3/h5-6,9-12,19-20H,4,7-8H2,1-3H3. The Hall–Kier alpha value is -2.00. The van der Waals surface area contributed by atoms with Crippen molar-refractivity contribution in [2.24, 2.45) is 0 Å². The third-order valence-electron chi connectivity index (χ3n) is 4.38. The molecule has 0 spiro atoms. The molecule has 1 atom stereocenters. The lowest BCUT2D eigenvalue weighted by Gasteiger charge is -2.28. The maximum absolute atomic E-state index is 5.41. The first kappa shape index (κ1) is 14.9. The molecule has 22 heavy (non-hydrogen) atoms. The second kappa shape index (κ2) is 6.41. The zero-order valence-electron chi connectivity index (χ0n) is 13.5. The summed E-state index contributed by atoms with van der Waals surface area (Å²) in [6.07, 6.45) is 2.14. The van der Waals surface area contributed by atoms with E-state index in [1.165, 1.54) is 22.3 Å². The van der Waals surface area contributed by atoms with Crippen LogP contribution in [0, 0.1) is 0 Å². The lowest BCUT2D eigenvalue weighted by Crippen LogP contribution is -2.30. The Kier molecular flexibility index (Phi) is 4.34. The van der Waals surface area contributed by atoms with Gasteiger partial charge in [0.2, 0.25) is 0 Å². The first-order chi connectivity index (χ1) is 10.7. The summed E-state index contributed by atoms with van der Waals surface area (Å²) in [5.41, 5.74) is 5.37. The monoisotopic (exact) mass is 297 g/mol. The summed E-state index contributed by atoms with van der Waals surface area (Å²) in [5, 5.41) is 3.63. The maximum Gasteiger partial charge on any atom is 0.122 e. The third kappa shape index (κ3) is 2.81. The van der Waals surface area contributed by atoms with Gasteiger partial charge in [-0.2, -0.15) is 0 Å². The SMILES string of the molecule is CCc1ccc2c(c1)C(c1cc(OC)cc(OC)c1)NCC2. The number of hydrogen-bond donors (Lipinski definition) is 1. The van der Waals surface area contributed by atoms with Gasteiger partial charge in [-0.05, 0) is 47.2 Å². The van der Waals surface area contributed by atoms with E-state index in [2.05, 4.69) is 42.6 Å². The molecule has 0 radical (unpaired) electrons. The molecule has 0 saturated carbocycles. The second-order valence-corrected chi connectivity index (χ2v) is 5.67. The molecule has 1 unspecified atom stereocenters. The van der Waals surface area contributed by atoms with Crippen LogP contribution in [0.2, 0.25) is 0 Å². The van der Waals surface area contributed by atoms with Gasteiger partial charge in [-0.3, -0.25) is 0 Å². The minimum Gasteiger partial charge on any atom is -0.497 e. The van der Waals surface area contributed by atoms with Crippen LogP contribution in [0.5, 0.6) is 11.5 Å². The highest BCUT2D eigenvalue weighted by Gasteiger charge is 2.22. The molecule has 0 fully saturated rings. The fourth-order valence-electron chi connectivity index (χ4n) is 3.12. The Bertz CT molecular complexity index is 644. The average Bonchev–Trinajstić information content (AvgIpc) is 2.60. The molecule has 2 aromatic rings. The topological polar surface area (TPSA) is 30.5 Å². The number of aryl methyl sites for hydroxylation is 1. The zero-order valence-corrected chi connectivity index (χ0v) is 13.5. The first-order valence-electron chi connectivity index (χ1n) is 7.83. The Labute approximate surface area is 132 Å². The number of methoxy groups -OCH3 is 2. The van der Waals surface area contributed by atoms with Crippen LogP contribution in [0.1, 0.15) is 35.2 Å². The highest BCUT2D eigenvalue weighted by atomic mass is 16.5. The molecule has 0 saturated heterocycles. The summed E-state index contributed by atoms with van der Waals surface area (Å²) >= 11 is 0. The van der Waals surface area contributed by atoms with Gasteiger partial charge in [0.15, 0.2) is 0 Å². The molecule has 3 nitrogen and oxygen atoms in total. The van der Waals surface area contributed by atoms with Crippen molar-refractivity contribution in [3.8, 4) is 11.5 Å². The molecule has 0 aromatic heterocycles. The summed E-state index contributed by atoms with van der Waals surface area (Å²) in [5.74, 6) is 1.66. The van der Waals surface area contributed by atoms with Gasteiger partial charge < -0.3 is 14.8 Å². The van der Waals surface area contributed by atoms with Gasteiger partial charge in [0, 0.05) is 12.6 Å². The van der Waals surface area contributed by atoms with E-state index >= 15 is 0 Å². The second-order valence-electron chi connectivity index (χ2n) is 5.67. The van der Waals surface area contributed by atoms with Crippen LogP contribution >= 0.6 is 0 Å². The zero-order chi connectivity index (χ0) is 15.5. The van der Waals surface area contributed by atoms with E-state index in [-0.39, 0.29) is 6.04 Å². The van der Waals surface area contributed by atoms with E-state index in [4.69, 9.17) is 9.47 Å². The van der Waals surface area contributed by atoms with Crippen LogP contribution in [-0.4, -0.2) is 20.8 Å². The molecule has 116 valence electrons. The van der Waals surface area contributed by atoms with Crippen LogP contribution in [-0.2, 0) is 12.8 Å². The molecular formula is C19H23NO2. The van der Waals surface area contributed by atoms with Gasteiger partial charge >= 0.3 is 0 Å². The Morgan fingerprint density at radius 2 is 1.77 bits per heavy atom. The quantitative estimate of drug-likeness (QED) is 0.937. The van der Waals surface area contributed by atoms with Crippen molar-refractivity contribution < 1.29 is 9.47 Å². The van der Waals surface area contributed by atoms with Gasteiger partial charge in [0.1, 0.15) is 11.5 Å². The highest BCUT2D eigenvalue weighted by molar-refractivity contribution is 5.46. The minimum absolute atomic E-state index is 0.194. The number of fused-ring (bicyclic) bond motifs is 1. The van der Waals surface area contributed by atoms with E-state index in [9.17, 15) is 0 Å². The van der Waals surface area contributed by atoms with Crippen LogP contribution in [0.15, 0.2) is 36.4 Å². The summed E-state index contributed by atoms with van der Waals surface area (Å²) in [4.78, 5) is 0. The lowest BCUT2D eigenvalue weighted by atomic mass is 9.88. The van der Waals surface area contributed by atoms with Crippen molar-refractivity contribution in [2.75, 3.05) is 20.8 Å². The van der Waals surface area contributed by atoms with Crippen LogP contribution in [0.3, 0.4) is 0 Å². The van der Waals surface area contributed by atoms with Crippen LogP contribution < -0.4 is 14.8 Å². The van der Waals surface area contributed by atoms with Gasteiger partial charge in [-0.1, -0.05) is 25.1 Å². The lowest BCUT2D eigenvalue weighted by molar-refractivity contribution is 0.392. The smallest absolute Gasteiger partial charge is 0.122 e. The molecule has 1 aliphatic heterocycles. The average molecular weight is 297 g/mol. The van der Waals surface area contributed by atoms with Crippen LogP contribution in [0.25, 0.3) is 0 Å². The normalized spacial score (nSPS) is 17.0. The predicted octanol–water partition coefficient (Wildman–Crippen LogP) is 3.50. The van der Waals surface area contributed by atoms with Crippen molar-refractivity contribution >= 4 is 0 Å². The van der Waals surface area contributed by atoms with E-state index < -0.39 is 0 Å². The van der Waals surface area contributed by atoms with Gasteiger partial charge in [-0.15, -0.1) is 0 Å². The van der Waals surface area contributed by atoms with Crippen molar-refractivity contribution in [3.05, 3.63) is 58.7 Å². The van der Waals surface area contributed by atoms with Crippen molar-refractivity contribution in [1.29, 1.82) is 0 Å². The number of hydrogen-bond acceptors (Lipinski definition) is 3. The molecule has 0 bridgehead atoms. The molecule has 3 rings (SSSR count). The molecule has 0 aliphatic carbocycles. The van der Waals surface area contributed by atoms with Gasteiger partial charge in [-0.25, -0.2) is 0 Å². The molecule has 3 heteroatoms. The van der Waals surface area contributed by atoms with E-state index in [0.29, 0.717) is 0 Å². The fourth-order valence-corrected chi connectivity index (χ4v) is 3.12. The van der Waals surface area contributed by atoms with E-state index in [0.717, 1.165) is 30.9 Å². The van der Waals surface area contributed by atoms with Crippen LogP contribution in [0.4, 0.5) is 0 Å². The van der Waals surface area contributed by atoms with E-state index in [1.807, 2.05) is 6.07 Å². The summed E-state index contributed by atoms with van der Waals surface area (Å²) < 4.78 is 10.8. The fraction of sp³-hybridized carbons (Fsp3) is 0.368. The molecule has 1 N–H and O–H groups in total. The number of rotatable bonds is 4. The Morgan fingerprint density at radius 1 is 1.05 bits per heavy atom. The molecule has 1 heterocycles. The Morgan fingerprint density at radius 3 is 2.41 bits per heavy atom. The predicted molar refractivity (Wildman–Crippen MR) is 88.9 cm³/mol. The molecule has 1 aliphatic rings. The van der Waals surface area contributed by atoms with E-state index in [1.54, 1.807) is 14.2 Å². The summed E-state index contributed by atoms with van der Waals surface area (Å²) in [6.45, 7) is 3.18. The number of ether oxygens (including phenoxy) is 2. The maximum atomic E-state index is 5.41. The van der Waals surface area contributed by atoms with Gasteiger partial charge in [0.05, 0.1) is 20.3 Å². The third-order valence-corrected chi connectivity index (χ3v) is 4.38.